The first kappa shape index (κ1) is 19.6. The molecule has 0 fully saturated rings. The number of thiophene rings is 1. The molecule has 1 aromatic carbocycles. The van der Waals surface area contributed by atoms with Crippen molar-refractivity contribution >= 4 is 49.8 Å². The molecule has 1 N–H and O–H groups in total. The highest BCUT2D eigenvalue weighted by molar-refractivity contribution is 7.92. The van der Waals surface area contributed by atoms with Crippen molar-refractivity contribution < 1.29 is 18.3 Å². The summed E-state index contributed by atoms with van der Waals surface area (Å²) in [5, 5.41) is 9.77. The molecule has 0 bridgehead atoms. The number of hydrogen-bond donors (Lipinski definition) is 1. The van der Waals surface area contributed by atoms with Crippen LogP contribution in [0.5, 0.6) is 0 Å². The maximum atomic E-state index is 13.2. The summed E-state index contributed by atoms with van der Waals surface area (Å²) in [5.74, 6) is -0.942. The van der Waals surface area contributed by atoms with Gasteiger partial charge >= 0.3 is 5.97 Å². The van der Waals surface area contributed by atoms with E-state index in [1.165, 1.54) is 22.3 Å². The van der Waals surface area contributed by atoms with E-state index in [2.05, 4.69) is 4.98 Å². The van der Waals surface area contributed by atoms with E-state index in [1.807, 2.05) is 24.3 Å². The number of nitrogens with zero attached hydrogens (tertiary/aromatic N) is 2. The van der Waals surface area contributed by atoms with E-state index in [0.29, 0.717) is 20.8 Å². The highest BCUT2D eigenvalue weighted by Gasteiger charge is 2.23. The third-order valence-electron chi connectivity index (χ3n) is 4.52. The second kappa shape index (κ2) is 7.62. The van der Waals surface area contributed by atoms with Gasteiger partial charge in [-0.3, -0.25) is 9.78 Å². The lowest BCUT2D eigenvalue weighted by atomic mass is 10.0. The fourth-order valence-corrected chi connectivity index (χ4v) is 6.12. The number of benzene rings is 1. The molecule has 0 aliphatic carbocycles. The van der Waals surface area contributed by atoms with Gasteiger partial charge in [0.05, 0.1) is 9.85 Å². The van der Waals surface area contributed by atoms with E-state index in [4.69, 9.17) is 16.7 Å². The van der Waals surface area contributed by atoms with Gasteiger partial charge in [-0.25, -0.2) is 3.97 Å². The first-order valence-electron chi connectivity index (χ1n) is 8.63. The summed E-state index contributed by atoms with van der Waals surface area (Å²) in [7, 11) is -3.85. The van der Waals surface area contributed by atoms with Crippen LogP contribution in [0.3, 0.4) is 0 Å². The summed E-state index contributed by atoms with van der Waals surface area (Å²) in [6, 6.07) is 12.2. The Balaban J connectivity index is 1.90. The van der Waals surface area contributed by atoms with Crippen molar-refractivity contribution in [1.82, 2.24) is 8.96 Å². The average Bonchev–Trinajstić information content (AvgIpc) is 3.31. The normalized spacial score (nSPS) is 11.8. The Labute approximate surface area is 176 Å². The predicted molar refractivity (Wildman–Crippen MR) is 113 cm³/mol. The maximum Gasteiger partial charge on any atom is 0.303 e. The molecular weight excluding hydrogens is 432 g/mol. The molecule has 29 heavy (non-hydrogen) atoms. The minimum atomic E-state index is -3.85. The zero-order chi connectivity index (χ0) is 20.6. The van der Waals surface area contributed by atoms with Crippen LogP contribution in [0, 0.1) is 0 Å². The number of hydrogen-bond acceptors (Lipinski definition) is 5. The Kier molecular flexibility index (Phi) is 5.16. The van der Waals surface area contributed by atoms with E-state index in [9.17, 15) is 13.2 Å². The Morgan fingerprint density at radius 1 is 1.17 bits per heavy atom. The summed E-state index contributed by atoms with van der Waals surface area (Å²) in [4.78, 5) is 15.2. The third kappa shape index (κ3) is 3.78. The highest BCUT2D eigenvalue weighted by atomic mass is 35.5. The zero-order valence-electron chi connectivity index (χ0n) is 14.9. The van der Waals surface area contributed by atoms with Gasteiger partial charge in [0.15, 0.2) is 0 Å². The van der Waals surface area contributed by atoms with Crippen molar-refractivity contribution in [2.75, 3.05) is 0 Å². The molecule has 0 aliphatic heterocycles. The molecule has 4 aromatic rings. The van der Waals surface area contributed by atoms with Gasteiger partial charge in [0, 0.05) is 36.0 Å². The summed E-state index contributed by atoms with van der Waals surface area (Å²) in [5.41, 5.74) is 2.90. The van der Waals surface area contributed by atoms with E-state index in [0.717, 1.165) is 22.5 Å². The van der Waals surface area contributed by atoms with E-state index >= 15 is 0 Å². The van der Waals surface area contributed by atoms with E-state index in [-0.39, 0.29) is 17.1 Å². The molecule has 0 spiro atoms. The molecule has 0 radical (unpaired) electrons. The molecule has 4 rings (SSSR count). The number of halogens is 1. The second-order valence-corrected chi connectivity index (χ2v) is 10.1. The van der Waals surface area contributed by atoms with Crippen molar-refractivity contribution in [3.05, 3.63) is 71.0 Å². The summed E-state index contributed by atoms with van der Waals surface area (Å²) < 4.78 is 28.0. The lowest BCUT2D eigenvalue weighted by Crippen LogP contribution is -2.10. The van der Waals surface area contributed by atoms with Crippen molar-refractivity contribution in [3.8, 4) is 11.1 Å². The van der Waals surface area contributed by atoms with E-state index in [1.54, 1.807) is 18.5 Å². The molecule has 3 heterocycles. The quantitative estimate of drug-likeness (QED) is 0.464. The van der Waals surface area contributed by atoms with Crippen LogP contribution in [0.15, 0.2) is 65.3 Å². The minimum absolute atomic E-state index is 0.0961. The van der Waals surface area contributed by atoms with Gasteiger partial charge < -0.3 is 5.11 Å². The fraction of sp³-hybridized carbons (Fsp3) is 0.100. The SMILES string of the molecule is O=C(O)CCc1cn(S(=O)(=O)c2ccc(Cl)s2)c2ccc(-c3cccnc3)cc12. The van der Waals surface area contributed by atoms with Crippen LogP contribution >= 0.6 is 22.9 Å². The van der Waals surface area contributed by atoms with Crippen LogP contribution in [0.4, 0.5) is 0 Å². The van der Waals surface area contributed by atoms with Crippen LogP contribution in [-0.2, 0) is 21.2 Å². The Morgan fingerprint density at radius 2 is 2.00 bits per heavy atom. The van der Waals surface area contributed by atoms with Crippen molar-refractivity contribution in [1.29, 1.82) is 0 Å². The van der Waals surface area contributed by atoms with Crippen molar-refractivity contribution in [2.24, 2.45) is 0 Å². The third-order valence-corrected chi connectivity index (χ3v) is 7.89. The number of carboxylic acid groups (broad SMARTS) is 1. The summed E-state index contributed by atoms with van der Waals surface area (Å²) in [6.45, 7) is 0. The topological polar surface area (TPSA) is 89.3 Å². The summed E-state index contributed by atoms with van der Waals surface area (Å²) in [6.07, 6.45) is 5.02. The van der Waals surface area contributed by atoms with E-state index < -0.39 is 16.0 Å². The first-order chi connectivity index (χ1) is 13.9. The van der Waals surface area contributed by atoms with Crippen LogP contribution in [0.2, 0.25) is 4.34 Å². The lowest BCUT2D eigenvalue weighted by molar-refractivity contribution is -0.136. The van der Waals surface area contributed by atoms with Gasteiger partial charge in [0.2, 0.25) is 0 Å². The van der Waals surface area contributed by atoms with Gasteiger partial charge in [-0.15, -0.1) is 11.3 Å². The lowest BCUT2D eigenvalue weighted by Gasteiger charge is -2.06. The molecule has 0 amide bonds. The Bertz CT molecular complexity index is 1310. The second-order valence-electron chi connectivity index (χ2n) is 6.38. The Hall–Kier alpha value is -2.68. The molecule has 9 heteroatoms. The van der Waals surface area contributed by atoms with Gasteiger partial charge in [-0.05, 0) is 47.9 Å². The maximum absolute atomic E-state index is 13.2. The molecule has 6 nitrogen and oxygen atoms in total. The van der Waals surface area contributed by atoms with Gasteiger partial charge in [-0.1, -0.05) is 23.7 Å². The molecule has 0 saturated heterocycles. The molecule has 0 aliphatic rings. The number of aryl methyl sites for hydroxylation is 1. The number of pyridine rings is 1. The van der Waals surface area contributed by atoms with Crippen LogP contribution < -0.4 is 0 Å². The highest BCUT2D eigenvalue weighted by Crippen LogP contribution is 2.33. The monoisotopic (exact) mass is 446 g/mol. The molecule has 0 atom stereocenters. The van der Waals surface area contributed by atoms with Crippen molar-refractivity contribution in [2.45, 2.75) is 17.1 Å². The largest absolute Gasteiger partial charge is 0.481 e. The predicted octanol–water partition coefficient (Wildman–Crippen LogP) is 4.67. The number of carboxylic acids is 1. The first-order valence-corrected chi connectivity index (χ1v) is 11.3. The number of aromatic nitrogens is 2. The van der Waals surface area contributed by atoms with Gasteiger partial charge in [0.25, 0.3) is 10.0 Å². The zero-order valence-corrected chi connectivity index (χ0v) is 17.3. The number of fused-ring (bicyclic) bond motifs is 1. The molecular formula is C20H15ClN2O4S2. The number of aliphatic carboxylic acids is 1. The molecule has 0 unspecified atom stereocenters. The minimum Gasteiger partial charge on any atom is -0.481 e. The van der Waals surface area contributed by atoms with Gasteiger partial charge in [-0.2, -0.15) is 8.42 Å². The van der Waals surface area contributed by atoms with Crippen LogP contribution in [0.25, 0.3) is 22.0 Å². The molecule has 3 aromatic heterocycles. The summed E-state index contributed by atoms with van der Waals surface area (Å²) >= 11 is 6.90. The molecule has 148 valence electrons. The standard InChI is InChI=1S/C20H15ClN2O4S2/c21-18-6-8-20(28-18)29(26,27)23-12-15(4-7-19(24)25)16-10-13(3-5-17(16)23)14-2-1-9-22-11-14/h1-3,5-6,8-12H,4,7H2,(H,24,25). The smallest absolute Gasteiger partial charge is 0.303 e. The van der Waals surface area contributed by atoms with Gasteiger partial charge in [0.1, 0.15) is 4.21 Å². The van der Waals surface area contributed by atoms with Crippen molar-refractivity contribution in [3.63, 3.8) is 0 Å². The Morgan fingerprint density at radius 3 is 2.66 bits per heavy atom. The number of rotatable bonds is 6. The number of carbonyl (C=O) groups is 1. The fourth-order valence-electron chi connectivity index (χ4n) is 3.15. The van der Waals surface area contributed by atoms with Crippen LogP contribution in [-0.4, -0.2) is 28.5 Å². The van der Waals surface area contributed by atoms with Crippen LogP contribution in [0.1, 0.15) is 12.0 Å². The average molecular weight is 447 g/mol. The molecule has 0 saturated carbocycles.